The summed E-state index contributed by atoms with van der Waals surface area (Å²) < 4.78 is 39.2. The molecule has 0 aliphatic rings. The van der Waals surface area contributed by atoms with Crippen LogP contribution in [-0.4, -0.2) is 9.78 Å². The number of aryl methyl sites for hydroxylation is 2. The lowest BCUT2D eigenvalue weighted by molar-refractivity contribution is -0.143. The molecule has 2 rings (SSSR count). The van der Waals surface area contributed by atoms with Gasteiger partial charge in [-0.1, -0.05) is 0 Å². The van der Waals surface area contributed by atoms with E-state index in [-0.39, 0.29) is 5.56 Å². The van der Waals surface area contributed by atoms with Gasteiger partial charge in [0.15, 0.2) is 5.69 Å². The maximum atomic E-state index is 12.8. The molecule has 0 aromatic carbocycles. The third-order valence-electron chi connectivity index (χ3n) is 2.31. The van der Waals surface area contributed by atoms with E-state index in [1.165, 1.54) is 7.05 Å². The summed E-state index contributed by atoms with van der Waals surface area (Å²) in [5.41, 5.74) is -1.13. The Morgan fingerprint density at radius 2 is 2.06 bits per heavy atom. The topological polar surface area (TPSA) is 37.8 Å². The minimum Gasteiger partial charge on any atom is -0.283 e. The molecule has 0 aliphatic carbocycles. The van der Waals surface area contributed by atoms with E-state index in [1.807, 2.05) is 0 Å². The number of alkyl halides is 3. The second-order valence-corrected chi connectivity index (χ2v) is 4.62. The van der Waals surface area contributed by atoms with Crippen molar-refractivity contribution in [3.63, 3.8) is 0 Å². The SMILES string of the molecule is Cc1csc(-c2c(C(F)(F)F)n(C)[nH]c2=O)c1. The van der Waals surface area contributed by atoms with E-state index in [2.05, 4.69) is 5.10 Å². The summed E-state index contributed by atoms with van der Waals surface area (Å²) in [6.45, 7) is 1.77. The van der Waals surface area contributed by atoms with Gasteiger partial charge in [-0.2, -0.15) is 13.2 Å². The van der Waals surface area contributed by atoms with E-state index in [0.29, 0.717) is 9.56 Å². The van der Waals surface area contributed by atoms with Gasteiger partial charge in [0.2, 0.25) is 0 Å². The third-order valence-corrected chi connectivity index (χ3v) is 3.38. The second kappa shape index (κ2) is 3.76. The maximum absolute atomic E-state index is 12.8. The first-order valence-electron chi connectivity index (χ1n) is 4.72. The molecule has 7 heteroatoms. The molecule has 1 N–H and O–H groups in total. The average Bonchev–Trinajstić information content (AvgIpc) is 2.68. The fourth-order valence-corrected chi connectivity index (χ4v) is 2.60. The summed E-state index contributed by atoms with van der Waals surface area (Å²) in [7, 11) is 1.17. The Hall–Kier alpha value is -1.50. The number of nitrogens with one attached hydrogen (secondary N) is 1. The van der Waals surface area contributed by atoms with Gasteiger partial charge in [0.25, 0.3) is 5.56 Å². The minimum atomic E-state index is -4.55. The molecule has 0 saturated carbocycles. The van der Waals surface area contributed by atoms with Crippen LogP contribution >= 0.6 is 11.3 Å². The minimum absolute atomic E-state index is 0.307. The highest BCUT2D eigenvalue weighted by molar-refractivity contribution is 7.13. The van der Waals surface area contributed by atoms with Crippen molar-refractivity contribution in [1.82, 2.24) is 9.78 Å². The number of hydrogen-bond acceptors (Lipinski definition) is 2. The first-order chi connectivity index (χ1) is 7.80. The Balaban J connectivity index is 2.73. The van der Waals surface area contributed by atoms with E-state index in [9.17, 15) is 18.0 Å². The van der Waals surface area contributed by atoms with Crippen LogP contribution in [0.15, 0.2) is 16.2 Å². The summed E-state index contributed by atoms with van der Waals surface area (Å²) >= 11 is 1.13. The molecule has 0 fully saturated rings. The molecule has 0 bridgehead atoms. The molecule has 17 heavy (non-hydrogen) atoms. The predicted octanol–water partition coefficient (Wildman–Crippen LogP) is 2.77. The van der Waals surface area contributed by atoms with Crippen molar-refractivity contribution in [2.24, 2.45) is 7.05 Å². The first-order valence-corrected chi connectivity index (χ1v) is 5.60. The van der Waals surface area contributed by atoms with Crippen LogP contribution in [0.5, 0.6) is 0 Å². The van der Waals surface area contributed by atoms with Crippen LogP contribution in [0.4, 0.5) is 13.2 Å². The van der Waals surface area contributed by atoms with Gasteiger partial charge in [0.1, 0.15) is 0 Å². The summed E-state index contributed by atoms with van der Waals surface area (Å²) in [6.07, 6.45) is -4.55. The van der Waals surface area contributed by atoms with Crippen molar-refractivity contribution < 1.29 is 13.2 Å². The van der Waals surface area contributed by atoms with Crippen molar-refractivity contribution >= 4 is 11.3 Å². The summed E-state index contributed by atoms with van der Waals surface area (Å²) in [4.78, 5) is 11.9. The Kier molecular flexibility index (Phi) is 2.65. The molecule has 0 atom stereocenters. The van der Waals surface area contributed by atoms with Crippen LogP contribution in [0.2, 0.25) is 0 Å². The molecular weight excluding hydrogens is 253 g/mol. The molecule has 0 radical (unpaired) electrons. The van der Waals surface area contributed by atoms with Gasteiger partial charge < -0.3 is 0 Å². The van der Waals surface area contributed by atoms with Gasteiger partial charge in [-0.25, -0.2) is 0 Å². The lowest BCUT2D eigenvalue weighted by Crippen LogP contribution is -2.12. The van der Waals surface area contributed by atoms with Crippen molar-refractivity contribution in [3.05, 3.63) is 33.1 Å². The summed E-state index contributed by atoms with van der Waals surface area (Å²) in [5.74, 6) is 0. The van der Waals surface area contributed by atoms with Crippen LogP contribution in [0.1, 0.15) is 11.3 Å². The van der Waals surface area contributed by atoms with Gasteiger partial charge in [-0.3, -0.25) is 14.6 Å². The highest BCUT2D eigenvalue weighted by Gasteiger charge is 2.39. The first kappa shape index (κ1) is 12.0. The zero-order chi connectivity index (χ0) is 12.8. The number of hydrogen-bond donors (Lipinski definition) is 1. The van der Waals surface area contributed by atoms with Crippen LogP contribution in [0.25, 0.3) is 10.4 Å². The molecule has 0 amide bonds. The van der Waals surface area contributed by atoms with Crippen molar-refractivity contribution in [2.75, 3.05) is 0 Å². The largest absolute Gasteiger partial charge is 0.433 e. The van der Waals surface area contributed by atoms with Gasteiger partial charge in [0, 0.05) is 11.9 Å². The van der Waals surface area contributed by atoms with Crippen molar-refractivity contribution in [1.29, 1.82) is 0 Å². The van der Waals surface area contributed by atoms with Gasteiger partial charge in [-0.05, 0) is 23.9 Å². The van der Waals surface area contributed by atoms with E-state index in [0.717, 1.165) is 16.9 Å². The number of aromatic nitrogens is 2. The lowest BCUT2D eigenvalue weighted by Gasteiger charge is -2.08. The molecule has 0 unspecified atom stereocenters. The number of aromatic amines is 1. The molecule has 3 nitrogen and oxygen atoms in total. The Morgan fingerprint density at radius 1 is 1.41 bits per heavy atom. The zero-order valence-electron chi connectivity index (χ0n) is 9.05. The van der Waals surface area contributed by atoms with Crippen molar-refractivity contribution in [3.8, 4) is 10.4 Å². The van der Waals surface area contributed by atoms with E-state index in [4.69, 9.17) is 0 Å². The Labute approximate surface area is 98.5 Å². The molecular formula is C10H9F3N2OS. The molecule has 0 saturated heterocycles. The van der Waals surface area contributed by atoms with Crippen molar-refractivity contribution in [2.45, 2.75) is 13.1 Å². The average molecular weight is 262 g/mol. The molecule has 92 valence electrons. The number of thiophene rings is 1. The summed E-state index contributed by atoms with van der Waals surface area (Å²) in [6, 6.07) is 1.57. The normalized spacial score (nSPS) is 12.1. The summed E-state index contributed by atoms with van der Waals surface area (Å²) in [5, 5.41) is 3.85. The lowest BCUT2D eigenvalue weighted by atomic mass is 10.2. The highest BCUT2D eigenvalue weighted by Crippen LogP contribution is 2.36. The predicted molar refractivity (Wildman–Crippen MR) is 59.1 cm³/mol. The molecule has 2 aromatic rings. The fourth-order valence-electron chi connectivity index (χ4n) is 1.66. The third kappa shape index (κ3) is 2.02. The van der Waals surface area contributed by atoms with Gasteiger partial charge in [-0.15, -0.1) is 11.3 Å². The van der Waals surface area contributed by atoms with E-state index < -0.39 is 17.4 Å². The molecule has 2 aromatic heterocycles. The zero-order valence-corrected chi connectivity index (χ0v) is 9.87. The maximum Gasteiger partial charge on any atom is 0.433 e. The molecule has 0 aliphatic heterocycles. The van der Waals surface area contributed by atoms with Crippen LogP contribution in [0, 0.1) is 6.92 Å². The Bertz CT molecular complexity index is 606. The number of nitrogens with zero attached hydrogens (tertiary/aromatic N) is 1. The quantitative estimate of drug-likeness (QED) is 0.843. The number of rotatable bonds is 1. The second-order valence-electron chi connectivity index (χ2n) is 3.71. The van der Waals surface area contributed by atoms with Crippen LogP contribution in [0.3, 0.4) is 0 Å². The highest BCUT2D eigenvalue weighted by atomic mass is 32.1. The van der Waals surface area contributed by atoms with Crippen LogP contribution in [-0.2, 0) is 13.2 Å². The smallest absolute Gasteiger partial charge is 0.283 e. The number of halogens is 3. The monoisotopic (exact) mass is 262 g/mol. The molecule has 0 spiro atoms. The van der Waals surface area contributed by atoms with E-state index in [1.54, 1.807) is 18.4 Å². The fraction of sp³-hybridized carbons (Fsp3) is 0.300. The van der Waals surface area contributed by atoms with Gasteiger partial charge in [0.05, 0.1) is 5.56 Å². The van der Waals surface area contributed by atoms with Crippen LogP contribution < -0.4 is 5.56 Å². The van der Waals surface area contributed by atoms with Gasteiger partial charge >= 0.3 is 6.18 Å². The van der Waals surface area contributed by atoms with E-state index >= 15 is 0 Å². The molecule has 2 heterocycles. The Morgan fingerprint density at radius 3 is 2.53 bits per heavy atom. The number of H-pyrrole nitrogens is 1. The standard InChI is InChI=1S/C10H9F3N2OS/c1-5-3-6(17-4-5)7-8(10(11,12)13)15(2)14-9(7)16/h3-4H,1-2H3,(H,14,16).